The number of carbonyl (C=O) groups is 3. The van der Waals surface area contributed by atoms with Crippen LogP contribution in [0, 0.1) is 5.92 Å². The zero-order valence-electron chi connectivity index (χ0n) is 25.0. The number of nitrogens with zero attached hydrogens (tertiary/aromatic N) is 2. The zero-order valence-corrected chi connectivity index (χ0v) is 25.0. The molecule has 3 aromatic carbocycles. The molecule has 5 aromatic rings. The van der Waals surface area contributed by atoms with E-state index in [1.54, 1.807) is 11.0 Å². The first-order chi connectivity index (χ1) is 22.2. The molecule has 0 bridgehead atoms. The minimum atomic E-state index is -1.39. The van der Waals surface area contributed by atoms with Crippen molar-refractivity contribution in [1.82, 2.24) is 9.88 Å². The highest BCUT2D eigenvalue weighted by molar-refractivity contribution is 5.85. The van der Waals surface area contributed by atoms with Gasteiger partial charge in [-0.05, 0) is 61.4 Å². The number of ether oxygens (including phenoxy) is 2. The van der Waals surface area contributed by atoms with Crippen LogP contribution in [0.4, 0.5) is 0 Å². The van der Waals surface area contributed by atoms with Crippen LogP contribution in [0.5, 0.6) is 11.5 Å². The molecule has 2 N–H and O–H groups in total. The molecule has 3 atom stereocenters. The Kier molecular flexibility index (Phi) is 8.73. The van der Waals surface area contributed by atoms with Gasteiger partial charge in [-0.2, -0.15) is 0 Å². The highest BCUT2D eigenvalue weighted by Gasteiger charge is 2.33. The number of furan rings is 1. The van der Waals surface area contributed by atoms with E-state index in [0.29, 0.717) is 40.7 Å². The van der Waals surface area contributed by atoms with E-state index < -0.39 is 42.6 Å². The molecule has 0 fully saturated rings. The molecule has 0 spiro atoms. The number of carboxylic acid groups (broad SMARTS) is 2. The standard InChI is InChI=1S/C35H32N2O9/c1-21(37(33(38)17-24(35(41)42)18-34(39)40)19-25-15-23-7-2-4-10-28(23)45-25)26(22-13-14-30-31(16-22)44-20-43-30)8-6-12-32-36-27-9-3-5-11-29(27)46-32/h2-7,9-16,21,24,26H,8,17-20H2,1H3,(H,39,40)(H,41,42)/b12-6+/t21?,24-,26?/m1/s1. The molecule has 2 aromatic heterocycles. The minimum absolute atomic E-state index is 0.0456. The molecule has 46 heavy (non-hydrogen) atoms. The van der Waals surface area contributed by atoms with Crippen LogP contribution in [0.3, 0.4) is 0 Å². The molecule has 0 saturated heterocycles. The predicted molar refractivity (Wildman–Crippen MR) is 167 cm³/mol. The van der Waals surface area contributed by atoms with Crippen molar-refractivity contribution in [3.63, 3.8) is 0 Å². The first-order valence-corrected chi connectivity index (χ1v) is 14.9. The topological polar surface area (TPSA) is 153 Å². The van der Waals surface area contributed by atoms with Gasteiger partial charge in [0.15, 0.2) is 17.1 Å². The van der Waals surface area contributed by atoms with Gasteiger partial charge in [-0.25, -0.2) is 4.98 Å². The molecule has 6 rings (SSSR count). The van der Waals surface area contributed by atoms with Gasteiger partial charge >= 0.3 is 11.9 Å². The van der Waals surface area contributed by atoms with Crippen molar-refractivity contribution < 1.29 is 42.9 Å². The fourth-order valence-corrected chi connectivity index (χ4v) is 5.78. The Morgan fingerprint density at radius 1 is 0.913 bits per heavy atom. The lowest BCUT2D eigenvalue weighted by molar-refractivity contribution is -0.151. The van der Waals surface area contributed by atoms with Crippen molar-refractivity contribution in [2.75, 3.05) is 6.79 Å². The Bertz CT molecular complexity index is 1860. The van der Waals surface area contributed by atoms with Gasteiger partial charge in [0.1, 0.15) is 16.9 Å². The molecule has 1 amide bonds. The molecule has 1 aliphatic rings. The van der Waals surface area contributed by atoms with Crippen LogP contribution >= 0.6 is 0 Å². The summed E-state index contributed by atoms with van der Waals surface area (Å²) in [5, 5.41) is 19.9. The predicted octanol–water partition coefficient (Wildman–Crippen LogP) is 6.47. The first-order valence-electron chi connectivity index (χ1n) is 14.9. The number of fused-ring (bicyclic) bond motifs is 3. The second kappa shape index (κ2) is 13.2. The first kappa shape index (κ1) is 30.4. The number of carboxylic acids is 2. The smallest absolute Gasteiger partial charge is 0.307 e. The number of aromatic nitrogens is 1. The third-order valence-electron chi connectivity index (χ3n) is 8.17. The fourth-order valence-electron chi connectivity index (χ4n) is 5.78. The molecule has 11 heteroatoms. The number of hydrogen-bond donors (Lipinski definition) is 2. The number of rotatable bonds is 13. The van der Waals surface area contributed by atoms with Crippen molar-refractivity contribution in [2.45, 2.75) is 44.7 Å². The second-order valence-electron chi connectivity index (χ2n) is 11.2. The van der Waals surface area contributed by atoms with Gasteiger partial charge in [0.25, 0.3) is 0 Å². The van der Waals surface area contributed by atoms with Crippen molar-refractivity contribution in [1.29, 1.82) is 0 Å². The summed E-state index contributed by atoms with van der Waals surface area (Å²) in [5.41, 5.74) is 2.92. The van der Waals surface area contributed by atoms with Crippen LogP contribution < -0.4 is 9.47 Å². The van der Waals surface area contributed by atoms with Crippen molar-refractivity contribution in [2.24, 2.45) is 5.92 Å². The summed E-state index contributed by atoms with van der Waals surface area (Å²) >= 11 is 0. The lowest BCUT2D eigenvalue weighted by Gasteiger charge is -2.35. The molecule has 0 saturated carbocycles. The summed E-state index contributed by atoms with van der Waals surface area (Å²) in [6, 6.07) is 21.9. The quantitative estimate of drug-likeness (QED) is 0.149. The summed E-state index contributed by atoms with van der Waals surface area (Å²) in [6.07, 6.45) is 2.99. The van der Waals surface area contributed by atoms with E-state index in [2.05, 4.69) is 4.98 Å². The van der Waals surface area contributed by atoms with E-state index >= 15 is 0 Å². The van der Waals surface area contributed by atoms with Crippen molar-refractivity contribution in [3.05, 3.63) is 96.1 Å². The molecule has 11 nitrogen and oxygen atoms in total. The summed E-state index contributed by atoms with van der Waals surface area (Å²) in [4.78, 5) is 43.4. The van der Waals surface area contributed by atoms with E-state index in [0.717, 1.165) is 16.5 Å². The van der Waals surface area contributed by atoms with Gasteiger partial charge in [0.05, 0.1) is 18.9 Å². The van der Waals surface area contributed by atoms with E-state index in [1.807, 2.05) is 85.8 Å². The van der Waals surface area contributed by atoms with E-state index in [-0.39, 0.29) is 19.3 Å². The number of allylic oxidation sites excluding steroid dienone is 1. The highest BCUT2D eigenvalue weighted by atomic mass is 16.7. The molecule has 2 unspecified atom stereocenters. The summed E-state index contributed by atoms with van der Waals surface area (Å²) < 4.78 is 23.1. The highest BCUT2D eigenvalue weighted by Crippen LogP contribution is 2.38. The van der Waals surface area contributed by atoms with Gasteiger partial charge in [0.2, 0.25) is 18.6 Å². The summed E-state index contributed by atoms with van der Waals surface area (Å²) in [6.45, 7) is 2.04. The summed E-state index contributed by atoms with van der Waals surface area (Å²) in [7, 11) is 0. The molecule has 236 valence electrons. The number of para-hydroxylation sites is 3. The Morgan fingerprint density at radius 2 is 1.67 bits per heavy atom. The normalized spacial score (nSPS) is 14.5. The third kappa shape index (κ3) is 6.73. The molecule has 3 heterocycles. The fraction of sp³-hybridized carbons (Fsp3) is 0.257. The Labute approximate surface area is 263 Å². The van der Waals surface area contributed by atoms with Crippen LogP contribution in [-0.2, 0) is 20.9 Å². The maximum atomic E-state index is 14.0. The minimum Gasteiger partial charge on any atom is -0.481 e. The molecule has 0 radical (unpaired) electrons. The van der Waals surface area contributed by atoms with Crippen molar-refractivity contribution >= 4 is 46.0 Å². The van der Waals surface area contributed by atoms with Gasteiger partial charge < -0.3 is 33.4 Å². The van der Waals surface area contributed by atoms with Crippen LogP contribution in [0.15, 0.2) is 87.7 Å². The Hall–Kier alpha value is -5.58. The number of hydrogen-bond acceptors (Lipinski definition) is 8. The molecule has 1 aliphatic heterocycles. The van der Waals surface area contributed by atoms with E-state index in [4.69, 9.17) is 18.3 Å². The number of oxazole rings is 1. The maximum absolute atomic E-state index is 14.0. The average Bonchev–Trinajstić information content (AvgIpc) is 3.78. The van der Waals surface area contributed by atoms with Gasteiger partial charge in [0, 0.05) is 23.8 Å². The number of aliphatic carboxylic acids is 2. The lowest BCUT2D eigenvalue weighted by atomic mass is 9.87. The molecular weight excluding hydrogens is 592 g/mol. The van der Waals surface area contributed by atoms with Crippen molar-refractivity contribution in [3.8, 4) is 11.5 Å². The van der Waals surface area contributed by atoms with Crippen LogP contribution in [0.1, 0.15) is 49.3 Å². The van der Waals surface area contributed by atoms with Crippen LogP contribution in [0.2, 0.25) is 0 Å². The largest absolute Gasteiger partial charge is 0.481 e. The Morgan fingerprint density at radius 3 is 2.43 bits per heavy atom. The Balaban J connectivity index is 1.34. The molecule has 0 aliphatic carbocycles. The zero-order chi connectivity index (χ0) is 32.2. The van der Waals surface area contributed by atoms with Crippen LogP contribution in [0.25, 0.3) is 28.1 Å². The maximum Gasteiger partial charge on any atom is 0.307 e. The third-order valence-corrected chi connectivity index (χ3v) is 8.17. The number of amides is 1. The summed E-state index contributed by atoms with van der Waals surface area (Å²) in [5.74, 6) is -2.70. The number of carbonyl (C=O) groups excluding carboxylic acids is 1. The second-order valence-corrected chi connectivity index (χ2v) is 11.2. The average molecular weight is 625 g/mol. The number of benzene rings is 3. The van der Waals surface area contributed by atoms with E-state index in [1.165, 1.54) is 0 Å². The van der Waals surface area contributed by atoms with Crippen LogP contribution in [-0.4, -0.2) is 50.8 Å². The molecular formula is C35H32N2O9. The SMILES string of the molecule is CC(C(C/C=C/c1nc2ccccc2o1)c1ccc2c(c1)OCO2)N(Cc1cc2ccccc2o1)C(=O)C[C@H](CC(=O)O)C(=O)O. The van der Waals surface area contributed by atoms with Gasteiger partial charge in [-0.1, -0.05) is 42.5 Å². The monoisotopic (exact) mass is 624 g/mol. The van der Waals surface area contributed by atoms with E-state index in [9.17, 15) is 24.6 Å². The van der Waals surface area contributed by atoms with Gasteiger partial charge in [-0.15, -0.1) is 0 Å². The lowest BCUT2D eigenvalue weighted by Crippen LogP contribution is -2.42. The van der Waals surface area contributed by atoms with Gasteiger partial charge in [-0.3, -0.25) is 14.4 Å².